The Bertz CT molecular complexity index is 1920. The quantitative estimate of drug-likeness (QED) is 0.0134. The lowest BCUT2D eigenvalue weighted by Gasteiger charge is -2.26. The summed E-state index contributed by atoms with van der Waals surface area (Å²) < 4.78 is 27.5. The summed E-state index contributed by atoms with van der Waals surface area (Å²) in [6, 6.07) is 15.4. The number of unbranched alkanes of at least 4 members (excludes halogenated alkanes) is 6. The summed E-state index contributed by atoms with van der Waals surface area (Å²) in [5.41, 5.74) is 1.24. The van der Waals surface area contributed by atoms with Gasteiger partial charge in [0.2, 0.25) is 5.13 Å². The van der Waals surface area contributed by atoms with Crippen molar-refractivity contribution >= 4 is 57.4 Å². The van der Waals surface area contributed by atoms with E-state index in [4.69, 9.17) is 33.8 Å². The van der Waals surface area contributed by atoms with Crippen LogP contribution in [0, 0.1) is 11.8 Å². The van der Waals surface area contributed by atoms with Crippen molar-refractivity contribution in [1.82, 2.24) is 9.97 Å². The molecule has 0 spiro atoms. The highest BCUT2D eigenvalue weighted by Crippen LogP contribution is 2.33. The summed E-state index contributed by atoms with van der Waals surface area (Å²) >= 11 is 1.44. The van der Waals surface area contributed by atoms with E-state index in [2.05, 4.69) is 18.5 Å². The molecule has 0 unspecified atom stereocenters. The number of ether oxygens (including phenoxy) is 5. The van der Waals surface area contributed by atoms with E-state index in [0.29, 0.717) is 74.1 Å². The lowest BCUT2D eigenvalue weighted by atomic mass is 9.82. The molecule has 0 radical (unpaired) electrons. The third-order valence-corrected chi connectivity index (χ3v) is 10.5. The molecule has 13 nitrogen and oxygen atoms in total. The topological polar surface area (TPSA) is 156 Å². The van der Waals surface area contributed by atoms with Crippen LogP contribution in [0.2, 0.25) is 0 Å². The first-order chi connectivity index (χ1) is 27.9. The maximum Gasteiger partial charge on any atom is 0.330 e. The first-order valence-electron chi connectivity index (χ1n) is 19.6. The number of aromatic nitrogens is 2. The smallest absolute Gasteiger partial charge is 0.330 e. The van der Waals surface area contributed by atoms with Gasteiger partial charge in [0.1, 0.15) is 33.3 Å². The van der Waals surface area contributed by atoms with Crippen molar-refractivity contribution in [2.24, 2.45) is 16.9 Å². The molecule has 1 saturated carbocycles. The van der Waals surface area contributed by atoms with Crippen LogP contribution in [0.5, 0.6) is 23.0 Å². The van der Waals surface area contributed by atoms with E-state index in [1.165, 1.54) is 11.3 Å². The highest BCUT2D eigenvalue weighted by Gasteiger charge is 2.32. The third kappa shape index (κ3) is 13.5. The monoisotopic (exact) mass is 798 g/mol. The molecule has 2 aromatic carbocycles. The van der Waals surface area contributed by atoms with Crippen LogP contribution in [0.25, 0.3) is 10.3 Å². The van der Waals surface area contributed by atoms with Crippen LogP contribution in [0.4, 0.5) is 5.13 Å². The van der Waals surface area contributed by atoms with Crippen molar-refractivity contribution in [2.45, 2.75) is 84.0 Å². The maximum atomic E-state index is 13.5. The number of carbonyl (C=O) groups is 4. The van der Waals surface area contributed by atoms with E-state index in [0.717, 1.165) is 67.8 Å². The number of pyridine rings is 1. The molecule has 0 saturated heterocycles. The van der Waals surface area contributed by atoms with Gasteiger partial charge in [0.05, 0.1) is 31.3 Å². The molecule has 0 atom stereocenters. The zero-order valence-corrected chi connectivity index (χ0v) is 33.2. The van der Waals surface area contributed by atoms with Crippen molar-refractivity contribution < 1.29 is 42.9 Å². The first kappa shape index (κ1) is 42.5. The number of fused-ring (bicyclic) bond motifs is 1. The van der Waals surface area contributed by atoms with Gasteiger partial charge in [0.15, 0.2) is 0 Å². The van der Waals surface area contributed by atoms with Gasteiger partial charge in [-0.05, 0) is 112 Å². The molecule has 57 heavy (non-hydrogen) atoms. The SMILES string of the molecule is C=CC(=O)OCCCCCCOc1ccc(OC(=O)[C@H]2CC[C@H](C(=O)Oc3ccc(OC=O)cc3/C=N/N(CCCCCC)c3nc4cccnc4s3)CC2)cc1. The number of anilines is 1. The summed E-state index contributed by atoms with van der Waals surface area (Å²) in [6.45, 7) is 7.44. The summed E-state index contributed by atoms with van der Waals surface area (Å²) in [4.78, 5) is 58.7. The summed E-state index contributed by atoms with van der Waals surface area (Å²) in [5.74, 6) is -0.218. The Balaban J connectivity index is 1.11. The van der Waals surface area contributed by atoms with Crippen LogP contribution >= 0.6 is 11.3 Å². The van der Waals surface area contributed by atoms with Crippen LogP contribution in [0.1, 0.15) is 89.5 Å². The van der Waals surface area contributed by atoms with Crippen LogP contribution < -0.4 is 24.0 Å². The van der Waals surface area contributed by atoms with Crippen LogP contribution in [-0.4, -0.2) is 60.3 Å². The number of esters is 3. The average molecular weight is 799 g/mol. The van der Waals surface area contributed by atoms with E-state index in [1.807, 2.05) is 17.1 Å². The van der Waals surface area contributed by atoms with Crippen LogP contribution in [0.15, 0.2) is 78.6 Å². The highest BCUT2D eigenvalue weighted by atomic mass is 32.1. The average Bonchev–Trinajstić information content (AvgIpc) is 3.67. The highest BCUT2D eigenvalue weighted by molar-refractivity contribution is 7.21. The lowest BCUT2D eigenvalue weighted by molar-refractivity contribution is -0.145. The van der Waals surface area contributed by atoms with Crippen molar-refractivity contribution in [3.63, 3.8) is 0 Å². The Labute approximate surface area is 337 Å². The molecule has 14 heteroatoms. The van der Waals surface area contributed by atoms with Gasteiger partial charge in [0, 0.05) is 24.4 Å². The minimum absolute atomic E-state index is 0.275. The molecule has 1 aliphatic carbocycles. The fourth-order valence-corrected chi connectivity index (χ4v) is 7.17. The Morgan fingerprint density at radius 2 is 1.54 bits per heavy atom. The second kappa shape index (κ2) is 22.8. The number of benzene rings is 2. The molecule has 5 rings (SSSR count). The number of rotatable bonds is 23. The standard InChI is InChI=1S/C43H50N4O9S/c1-3-5-6-9-25-47(43-46-37-13-12-24-44-40(37)57-43)45-29-33-28-36(54-30-48)22-23-38(33)56-42(51)32-16-14-31(15-17-32)41(50)55-35-20-18-34(19-21-35)52-26-10-7-8-11-27-53-39(49)4-2/h4,12-13,18-24,28-32H,2-3,5-11,14-17,25-27H2,1H3/b45-29+/t31-,32-. The van der Waals surface area contributed by atoms with Crippen molar-refractivity contribution in [3.8, 4) is 23.0 Å². The Morgan fingerprint density at radius 1 is 0.860 bits per heavy atom. The number of hydrazone groups is 1. The van der Waals surface area contributed by atoms with Gasteiger partial charge in [-0.1, -0.05) is 44.1 Å². The van der Waals surface area contributed by atoms with Gasteiger partial charge in [-0.3, -0.25) is 14.4 Å². The number of hydrogen-bond acceptors (Lipinski definition) is 14. The zero-order valence-electron chi connectivity index (χ0n) is 32.3. The fourth-order valence-electron chi connectivity index (χ4n) is 6.28. The van der Waals surface area contributed by atoms with E-state index in [9.17, 15) is 19.2 Å². The number of thiazole rings is 1. The molecule has 0 aliphatic heterocycles. The molecule has 0 amide bonds. The van der Waals surface area contributed by atoms with E-state index >= 15 is 0 Å². The van der Waals surface area contributed by atoms with E-state index in [1.54, 1.807) is 54.9 Å². The second-order valence-corrected chi connectivity index (χ2v) is 14.6. The van der Waals surface area contributed by atoms with Crippen molar-refractivity contribution in [2.75, 3.05) is 24.8 Å². The third-order valence-electron chi connectivity index (χ3n) is 9.47. The van der Waals surface area contributed by atoms with Crippen LogP contribution in [0.3, 0.4) is 0 Å². The normalized spacial score (nSPS) is 15.2. The molecule has 0 N–H and O–H groups in total. The molecule has 1 fully saturated rings. The zero-order chi connectivity index (χ0) is 40.2. The van der Waals surface area contributed by atoms with Crippen molar-refractivity contribution in [3.05, 3.63) is 79.0 Å². The van der Waals surface area contributed by atoms with Gasteiger partial charge >= 0.3 is 17.9 Å². The molecule has 0 bridgehead atoms. The van der Waals surface area contributed by atoms with E-state index < -0.39 is 17.9 Å². The predicted octanol–water partition coefficient (Wildman–Crippen LogP) is 8.63. The van der Waals surface area contributed by atoms with Gasteiger partial charge in [0.25, 0.3) is 6.47 Å². The molecule has 1 aliphatic rings. The molecular formula is C43H50N4O9S. The number of hydrogen-bond donors (Lipinski definition) is 0. The predicted molar refractivity (Wildman–Crippen MR) is 218 cm³/mol. The Hall–Kier alpha value is -5.63. The fraction of sp³-hybridized carbons (Fsp3) is 0.419. The Kier molecular flexibility index (Phi) is 17.0. The molecule has 302 valence electrons. The largest absolute Gasteiger partial charge is 0.494 e. The van der Waals surface area contributed by atoms with E-state index in [-0.39, 0.29) is 23.4 Å². The summed E-state index contributed by atoms with van der Waals surface area (Å²) in [7, 11) is 0. The Morgan fingerprint density at radius 3 is 2.25 bits per heavy atom. The maximum absolute atomic E-state index is 13.5. The van der Waals surface area contributed by atoms with Crippen molar-refractivity contribution in [1.29, 1.82) is 0 Å². The second-order valence-electron chi connectivity index (χ2n) is 13.7. The molecule has 2 heterocycles. The van der Waals surface area contributed by atoms with Gasteiger partial charge in [-0.2, -0.15) is 5.10 Å². The van der Waals surface area contributed by atoms with Gasteiger partial charge in [-0.25, -0.2) is 19.8 Å². The van der Waals surface area contributed by atoms with Crippen LogP contribution in [-0.2, 0) is 23.9 Å². The molecule has 4 aromatic rings. The summed E-state index contributed by atoms with van der Waals surface area (Å²) in [5, 5.41) is 7.28. The lowest BCUT2D eigenvalue weighted by Crippen LogP contribution is -2.30. The minimum atomic E-state index is -0.404. The van der Waals surface area contributed by atoms with Gasteiger partial charge in [-0.15, -0.1) is 0 Å². The number of nitrogens with zero attached hydrogens (tertiary/aromatic N) is 4. The molecule has 2 aromatic heterocycles. The number of carbonyl (C=O) groups excluding carboxylic acids is 4. The first-order valence-corrected chi connectivity index (χ1v) is 20.4. The molecular weight excluding hydrogens is 749 g/mol. The summed E-state index contributed by atoms with van der Waals surface area (Å²) in [6.07, 6.45) is 14.1. The minimum Gasteiger partial charge on any atom is -0.494 e. The van der Waals surface area contributed by atoms with Gasteiger partial charge < -0.3 is 23.7 Å².